The van der Waals surface area contributed by atoms with Gasteiger partial charge in [0.15, 0.2) is 0 Å². The lowest BCUT2D eigenvalue weighted by molar-refractivity contribution is 0.126. The van der Waals surface area contributed by atoms with Gasteiger partial charge in [-0.2, -0.15) is 0 Å². The summed E-state index contributed by atoms with van der Waals surface area (Å²) in [4.78, 5) is 0. The van der Waals surface area contributed by atoms with Gasteiger partial charge >= 0.3 is 7.82 Å². The number of halogens is 1. The molecule has 0 aliphatic rings. The maximum Gasteiger partial charge on any atom is 0.474 e. The molecular weight excluding hydrogens is 294 g/mol. The van der Waals surface area contributed by atoms with Crippen molar-refractivity contribution in [3.8, 4) is 0 Å². The van der Waals surface area contributed by atoms with E-state index in [2.05, 4.69) is 0 Å². The summed E-state index contributed by atoms with van der Waals surface area (Å²) >= 11 is 0. The van der Waals surface area contributed by atoms with Crippen LogP contribution in [0.5, 0.6) is 0 Å². The van der Waals surface area contributed by atoms with Crippen LogP contribution >= 0.6 is 31.8 Å². The third-order valence-corrected chi connectivity index (χ3v) is 2.58. The molecule has 0 aromatic heterocycles. The Hall–Kier alpha value is 0.840. The Balaban J connectivity index is 0. The molecule has 0 saturated carbocycles. The molecule has 12 heavy (non-hydrogen) atoms. The topological polar surface area (TPSA) is 44.8 Å². The van der Waals surface area contributed by atoms with Crippen LogP contribution in [0.3, 0.4) is 0 Å². The molecule has 0 aliphatic carbocycles. The highest BCUT2D eigenvalue weighted by atomic mass is 127. The molecule has 0 heterocycles. The second kappa shape index (κ2) is 8.44. The van der Waals surface area contributed by atoms with Crippen molar-refractivity contribution < 1.29 is 18.1 Å². The molecule has 0 atom stereocenters. The summed E-state index contributed by atoms with van der Waals surface area (Å²) in [6, 6.07) is 0. The number of rotatable bonds is 6. The fourth-order valence-electron chi connectivity index (χ4n) is 0.586. The van der Waals surface area contributed by atoms with E-state index in [0.717, 1.165) is 0 Å². The van der Waals surface area contributed by atoms with Crippen LogP contribution in [0.25, 0.3) is 0 Å². The SMILES string of the molecule is CCOP(=O)(OCC)OCC.I. The van der Waals surface area contributed by atoms with E-state index in [4.69, 9.17) is 13.6 Å². The van der Waals surface area contributed by atoms with Crippen LogP contribution < -0.4 is 0 Å². The minimum atomic E-state index is -3.22. The van der Waals surface area contributed by atoms with E-state index in [9.17, 15) is 4.57 Å². The summed E-state index contributed by atoms with van der Waals surface area (Å²) in [6.07, 6.45) is 0. The van der Waals surface area contributed by atoms with Crippen molar-refractivity contribution in [2.75, 3.05) is 19.8 Å². The molecule has 76 valence electrons. The summed E-state index contributed by atoms with van der Waals surface area (Å²) in [5.41, 5.74) is 0. The molecule has 0 N–H and O–H groups in total. The normalized spacial score (nSPS) is 10.9. The van der Waals surface area contributed by atoms with Crippen molar-refractivity contribution in [1.29, 1.82) is 0 Å². The minimum absolute atomic E-state index is 0. The van der Waals surface area contributed by atoms with Crippen LogP contribution in [0.15, 0.2) is 0 Å². The summed E-state index contributed by atoms with van der Waals surface area (Å²) in [5.74, 6) is 0. The molecule has 0 radical (unpaired) electrons. The molecule has 0 rings (SSSR count). The standard InChI is InChI=1S/C6H15O4P.HI/c1-4-8-11(7,9-5-2)10-6-3;/h4-6H2,1-3H3;1H. The maximum atomic E-state index is 11.3. The van der Waals surface area contributed by atoms with Gasteiger partial charge in [-0.25, -0.2) is 4.57 Å². The lowest BCUT2D eigenvalue weighted by Gasteiger charge is -2.14. The van der Waals surface area contributed by atoms with Crippen molar-refractivity contribution in [2.24, 2.45) is 0 Å². The first-order valence-electron chi connectivity index (χ1n) is 3.72. The zero-order valence-corrected chi connectivity index (χ0v) is 10.8. The van der Waals surface area contributed by atoms with E-state index in [1.54, 1.807) is 20.8 Å². The second-order valence-electron chi connectivity index (χ2n) is 1.70. The van der Waals surface area contributed by atoms with E-state index < -0.39 is 7.82 Å². The Labute approximate surface area is 90.6 Å². The first kappa shape index (κ1) is 15.3. The molecule has 0 aromatic carbocycles. The average molecular weight is 310 g/mol. The highest BCUT2D eigenvalue weighted by Gasteiger charge is 2.23. The van der Waals surface area contributed by atoms with Crippen LogP contribution in [0.4, 0.5) is 0 Å². The van der Waals surface area contributed by atoms with E-state index in [0.29, 0.717) is 19.8 Å². The molecule has 0 aromatic rings. The Kier molecular flexibility index (Phi) is 10.8. The van der Waals surface area contributed by atoms with Crippen molar-refractivity contribution in [1.82, 2.24) is 0 Å². The summed E-state index contributed by atoms with van der Waals surface area (Å²) < 4.78 is 25.8. The van der Waals surface area contributed by atoms with Crippen LogP contribution in [0.2, 0.25) is 0 Å². The van der Waals surface area contributed by atoms with E-state index in [1.165, 1.54) is 0 Å². The van der Waals surface area contributed by atoms with Gasteiger partial charge in [0.2, 0.25) is 0 Å². The first-order chi connectivity index (χ1) is 5.18. The lowest BCUT2D eigenvalue weighted by Crippen LogP contribution is -1.99. The van der Waals surface area contributed by atoms with Crippen LogP contribution in [-0.4, -0.2) is 19.8 Å². The smallest absolute Gasteiger partial charge is 0.287 e. The van der Waals surface area contributed by atoms with Crippen molar-refractivity contribution >= 4 is 31.8 Å². The third kappa shape index (κ3) is 6.37. The fourth-order valence-corrected chi connectivity index (χ4v) is 1.76. The second-order valence-corrected chi connectivity index (χ2v) is 3.37. The van der Waals surface area contributed by atoms with Crippen LogP contribution in [0.1, 0.15) is 20.8 Å². The molecule has 0 aliphatic heterocycles. The van der Waals surface area contributed by atoms with Crippen molar-refractivity contribution in [3.05, 3.63) is 0 Å². The number of phosphoric acid groups is 1. The Morgan fingerprint density at radius 1 is 0.917 bits per heavy atom. The van der Waals surface area contributed by atoms with Gasteiger partial charge in [0.1, 0.15) is 0 Å². The molecule has 0 bridgehead atoms. The van der Waals surface area contributed by atoms with E-state index in [1.807, 2.05) is 0 Å². The molecule has 0 unspecified atom stereocenters. The van der Waals surface area contributed by atoms with Gasteiger partial charge in [0.25, 0.3) is 0 Å². The largest absolute Gasteiger partial charge is 0.474 e. The van der Waals surface area contributed by atoms with Crippen molar-refractivity contribution in [2.45, 2.75) is 20.8 Å². The van der Waals surface area contributed by atoms with Gasteiger partial charge in [0.05, 0.1) is 19.8 Å². The van der Waals surface area contributed by atoms with Crippen molar-refractivity contribution in [3.63, 3.8) is 0 Å². The Morgan fingerprint density at radius 3 is 1.33 bits per heavy atom. The fraction of sp³-hybridized carbons (Fsp3) is 1.00. The molecule has 0 saturated heterocycles. The highest BCUT2D eigenvalue weighted by Crippen LogP contribution is 2.48. The van der Waals surface area contributed by atoms with Gasteiger partial charge in [0, 0.05) is 0 Å². The van der Waals surface area contributed by atoms with Gasteiger partial charge < -0.3 is 0 Å². The van der Waals surface area contributed by atoms with Crippen LogP contribution in [-0.2, 0) is 18.1 Å². The maximum absolute atomic E-state index is 11.3. The van der Waals surface area contributed by atoms with Gasteiger partial charge in [-0.05, 0) is 20.8 Å². The highest BCUT2D eigenvalue weighted by molar-refractivity contribution is 14.0. The Bertz CT molecular complexity index is 118. The first-order valence-corrected chi connectivity index (χ1v) is 5.18. The van der Waals surface area contributed by atoms with Gasteiger partial charge in [-0.3, -0.25) is 13.6 Å². The predicted octanol–water partition coefficient (Wildman–Crippen LogP) is 2.82. The molecular formula is C6H16IO4P. The summed E-state index contributed by atoms with van der Waals surface area (Å²) in [7, 11) is -3.22. The molecule has 6 heteroatoms. The Morgan fingerprint density at radius 2 is 1.17 bits per heavy atom. The quantitative estimate of drug-likeness (QED) is 0.559. The monoisotopic (exact) mass is 310 g/mol. The lowest BCUT2D eigenvalue weighted by atomic mass is 10.9. The average Bonchev–Trinajstić information content (AvgIpc) is 1.88. The minimum Gasteiger partial charge on any atom is -0.287 e. The summed E-state index contributed by atoms with van der Waals surface area (Å²) in [5, 5.41) is 0. The molecule has 0 fully saturated rings. The van der Waals surface area contributed by atoms with Crippen LogP contribution in [0, 0.1) is 0 Å². The summed E-state index contributed by atoms with van der Waals surface area (Å²) in [6.45, 7) is 6.21. The predicted molar refractivity (Wildman–Crippen MR) is 57.9 cm³/mol. The zero-order chi connectivity index (χ0) is 8.74. The van der Waals surface area contributed by atoms with E-state index in [-0.39, 0.29) is 24.0 Å². The zero-order valence-electron chi connectivity index (χ0n) is 7.61. The molecule has 4 nitrogen and oxygen atoms in total. The number of phosphoric ester groups is 1. The molecule has 0 amide bonds. The molecule has 0 spiro atoms. The van der Waals surface area contributed by atoms with E-state index >= 15 is 0 Å². The van der Waals surface area contributed by atoms with Gasteiger partial charge in [-0.15, -0.1) is 24.0 Å². The number of hydrogen-bond acceptors (Lipinski definition) is 4. The third-order valence-electron chi connectivity index (χ3n) is 0.862. The van der Waals surface area contributed by atoms with Gasteiger partial charge in [-0.1, -0.05) is 0 Å². The number of hydrogen-bond donors (Lipinski definition) is 0.